The molecule has 0 bridgehead atoms. The Kier molecular flexibility index (Phi) is 8.48. The molecule has 0 aliphatic carbocycles. The van der Waals surface area contributed by atoms with Crippen molar-refractivity contribution in [3.8, 4) is 0 Å². The van der Waals surface area contributed by atoms with Crippen LogP contribution in [0.5, 0.6) is 0 Å². The fraction of sp³-hybridized carbons (Fsp3) is 0.250. The lowest BCUT2D eigenvalue weighted by Crippen LogP contribution is -2.32. The Hall–Kier alpha value is -3.71. The Labute approximate surface area is 214 Å². The second kappa shape index (κ2) is 11.4. The zero-order chi connectivity index (χ0) is 26.6. The number of aryl methyl sites for hydroxylation is 2. The van der Waals surface area contributed by atoms with E-state index >= 15 is 0 Å². The monoisotopic (exact) mass is 511 g/mol. The Morgan fingerprint density at radius 2 is 1.56 bits per heavy atom. The number of hydrogen-bond acceptors (Lipinski definition) is 5. The molecule has 0 saturated heterocycles. The standard InChI is InChI=1S/C28H27ClFNO5/c1-16(2)27(33)35-19(5)36-28(34)31(25-13-10-20(30)14-18(25)4)21-11-12-23(24(29)15-21)26(32)22-9-7-6-8-17(22)3/h6-16,19H,1-5H3. The highest BCUT2D eigenvalue weighted by Crippen LogP contribution is 2.34. The molecule has 36 heavy (non-hydrogen) atoms. The number of amides is 1. The Bertz CT molecular complexity index is 1310. The van der Waals surface area contributed by atoms with Crippen LogP contribution in [0.3, 0.4) is 0 Å². The van der Waals surface area contributed by atoms with Crippen LogP contribution in [0.25, 0.3) is 0 Å². The van der Waals surface area contributed by atoms with Crippen LogP contribution in [-0.2, 0) is 14.3 Å². The van der Waals surface area contributed by atoms with Gasteiger partial charge in [-0.15, -0.1) is 0 Å². The second-order valence-electron chi connectivity index (χ2n) is 8.62. The normalized spacial score (nSPS) is 11.7. The number of benzene rings is 3. The van der Waals surface area contributed by atoms with Crippen molar-refractivity contribution in [2.75, 3.05) is 4.90 Å². The van der Waals surface area contributed by atoms with Crippen molar-refractivity contribution in [1.82, 2.24) is 0 Å². The Morgan fingerprint density at radius 1 is 0.861 bits per heavy atom. The average Bonchev–Trinajstić information content (AvgIpc) is 2.80. The van der Waals surface area contributed by atoms with Crippen LogP contribution < -0.4 is 4.90 Å². The third kappa shape index (κ3) is 6.10. The van der Waals surface area contributed by atoms with Gasteiger partial charge in [-0.2, -0.15) is 0 Å². The van der Waals surface area contributed by atoms with E-state index in [4.69, 9.17) is 21.1 Å². The molecular formula is C28H27ClFNO5. The molecule has 1 amide bonds. The van der Waals surface area contributed by atoms with Gasteiger partial charge in [-0.05, 0) is 61.4 Å². The molecule has 0 N–H and O–H groups in total. The summed E-state index contributed by atoms with van der Waals surface area (Å²) in [6, 6.07) is 15.6. The summed E-state index contributed by atoms with van der Waals surface area (Å²) in [5.74, 6) is -1.66. The summed E-state index contributed by atoms with van der Waals surface area (Å²) in [6.45, 7) is 8.21. The summed E-state index contributed by atoms with van der Waals surface area (Å²) in [6.07, 6.45) is -2.05. The number of esters is 1. The highest BCUT2D eigenvalue weighted by atomic mass is 35.5. The number of nitrogens with zero attached hydrogens (tertiary/aromatic N) is 1. The molecule has 6 nitrogen and oxygen atoms in total. The molecule has 0 aliphatic rings. The van der Waals surface area contributed by atoms with Gasteiger partial charge in [-0.3, -0.25) is 9.59 Å². The van der Waals surface area contributed by atoms with Gasteiger partial charge in [0, 0.05) is 18.1 Å². The summed E-state index contributed by atoms with van der Waals surface area (Å²) in [7, 11) is 0. The zero-order valence-electron chi connectivity index (χ0n) is 20.7. The summed E-state index contributed by atoms with van der Waals surface area (Å²) in [4.78, 5) is 39.4. The van der Waals surface area contributed by atoms with E-state index in [1.54, 1.807) is 39.0 Å². The summed E-state index contributed by atoms with van der Waals surface area (Å²) in [5, 5.41) is 0.123. The van der Waals surface area contributed by atoms with Crippen molar-refractivity contribution in [2.45, 2.75) is 40.9 Å². The van der Waals surface area contributed by atoms with E-state index in [9.17, 15) is 18.8 Å². The number of rotatable bonds is 7. The van der Waals surface area contributed by atoms with Crippen molar-refractivity contribution in [3.05, 3.63) is 93.8 Å². The van der Waals surface area contributed by atoms with Gasteiger partial charge < -0.3 is 9.47 Å². The largest absolute Gasteiger partial charge is 0.425 e. The molecule has 0 radical (unpaired) electrons. The lowest BCUT2D eigenvalue weighted by Gasteiger charge is -2.26. The number of carbonyl (C=O) groups excluding carboxylic acids is 3. The number of ketones is 1. The fourth-order valence-corrected chi connectivity index (χ4v) is 3.79. The molecule has 188 valence electrons. The minimum atomic E-state index is -1.17. The number of carbonyl (C=O) groups is 3. The molecule has 1 unspecified atom stereocenters. The predicted octanol–water partition coefficient (Wildman–Crippen LogP) is 7.15. The van der Waals surface area contributed by atoms with E-state index in [1.807, 2.05) is 19.1 Å². The third-order valence-electron chi connectivity index (χ3n) is 5.45. The SMILES string of the molecule is Cc1ccccc1C(=O)c1ccc(N(C(=O)OC(C)OC(=O)C(C)C)c2ccc(F)cc2C)cc1Cl. The first-order valence-corrected chi connectivity index (χ1v) is 11.7. The number of anilines is 2. The maximum atomic E-state index is 13.8. The molecule has 3 rings (SSSR count). The average molecular weight is 512 g/mol. The van der Waals surface area contributed by atoms with E-state index in [-0.39, 0.29) is 22.1 Å². The molecule has 1 atom stereocenters. The van der Waals surface area contributed by atoms with Gasteiger partial charge in [0.1, 0.15) is 5.82 Å². The maximum Gasteiger partial charge on any atom is 0.422 e. The molecule has 0 aliphatic heterocycles. The van der Waals surface area contributed by atoms with Crippen molar-refractivity contribution in [3.63, 3.8) is 0 Å². The van der Waals surface area contributed by atoms with E-state index in [2.05, 4.69) is 0 Å². The molecule has 3 aromatic rings. The van der Waals surface area contributed by atoms with Crippen LogP contribution in [0.1, 0.15) is 47.8 Å². The maximum absolute atomic E-state index is 13.8. The van der Waals surface area contributed by atoms with Crippen molar-refractivity contribution >= 4 is 40.8 Å². The van der Waals surface area contributed by atoms with Gasteiger partial charge in [0.05, 0.1) is 22.3 Å². The topological polar surface area (TPSA) is 72.9 Å². The van der Waals surface area contributed by atoms with Crippen molar-refractivity contribution in [2.24, 2.45) is 5.92 Å². The van der Waals surface area contributed by atoms with E-state index in [0.29, 0.717) is 16.8 Å². The summed E-state index contributed by atoms with van der Waals surface area (Å²) < 4.78 is 24.3. The van der Waals surface area contributed by atoms with Crippen LogP contribution in [0.4, 0.5) is 20.6 Å². The van der Waals surface area contributed by atoms with Crippen molar-refractivity contribution in [1.29, 1.82) is 0 Å². The predicted molar refractivity (Wildman–Crippen MR) is 136 cm³/mol. The molecular weight excluding hydrogens is 485 g/mol. The molecule has 0 heterocycles. The fourth-order valence-electron chi connectivity index (χ4n) is 3.53. The quantitative estimate of drug-likeness (QED) is 0.191. The molecule has 3 aromatic carbocycles. The van der Waals surface area contributed by atoms with E-state index in [1.165, 1.54) is 42.2 Å². The highest BCUT2D eigenvalue weighted by molar-refractivity contribution is 6.35. The minimum Gasteiger partial charge on any atom is -0.425 e. The Morgan fingerprint density at radius 3 is 2.17 bits per heavy atom. The Balaban J connectivity index is 1.99. The van der Waals surface area contributed by atoms with Crippen LogP contribution >= 0.6 is 11.6 Å². The van der Waals surface area contributed by atoms with Crippen LogP contribution in [0.15, 0.2) is 60.7 Å². The number of hydrogen-bond donors (Lipinski definition) is 0. The second-order valence-corrected chi connectivity index (χ2v) is 9.02. The third-order valence-corrected chi connectivity index (χ3v) is 5.76. The van der Waals surface area contributed by atoms with Gasteiger partial charge >= 0.3 is 12.1 Å². The van der Waals surface area contributed by atoms with Crippen LogP contribution in [0, 0.1) is 25.6 Å². The first kappa shape index (κ1) is 26.9. The number of halogens is 2. The highest BCUT2D eigenvalue weighted by Gasteiger charge is 2.26. The molecule has 0 aromatic heterocycles. The van der Waals surface area contributed by atoms with Gasteiger partial charge in [0.25, 0.3) is 0 Å². The van der Waals surface area contributed by atoms with Crippen molar-refractivity contribution < 1.29 is 28.2 Å². The summed E-state index contributed by atoms with van der Waals surface area (Å²) in [5.41, 5.74) is 2.65. The first-order valence-electron chi connectivity index (χ1n) is 11.4. The van der Waals surface area contributed by atoms with Gasteiger partial charge in [0.15, 0.2) is 5.78 Å². The van der Waals surface area contributed by atoms with Crippen LogP contribution in [0.2, 0.25) is 5.02 Å². The van der Waals surface area contributed by atoms with Crippen LogP contribution in [-0.4, -0.2) is 24.1 Å². The van der Waals surface area contributed by atoms with Gasteiger partial charge in [-0.25, -0.2) is 14.1 Å². The molecule has 0 saturated carbocycles. The summed E-state index contributed by atoms with van der Waals surface area (Å²) >= 11 is 6.51. The molecule has 0 fully saturated rings. The first-order chi connectivity index (χ1) is 17.0. The molecule has 0 spiro atoms. The smallest absolute Gasteiger partial charge is 0.422 e. The van der Waals surface area contributed by atoms with Gasteiger partial charge in [0.2, 0.25) is 6.29 Å². The van der Waals surface area contributed by atoms with Gasteiger partial charge in [-0.1, -0.05) is 49.7 Å². The zero-order valence-corrected chi connectivity index (χ0v) is 21.4. The molecule has 8 heteroatoms. The van der Waals surface area contributed by atoms with E-state index in [0.717, 1.165) is 5.56 Å². The van der Waals surface area contributed by atoms with E-state index < -0.39 is 30.1 Å². The minimum absolute atomic E-state index is 0.123. The number of ether oxygens (including phenoxy) is 2. The lowest BCUT2D eigenvalue weighted by molar-refractivity contribution is -0.168. The lowest BCUT2D eigenvalue weighted by atomic mass is 9.99.